The van der Waals surface area contributed by atoms with Gasteiger partial charge < -0.3 is 10.6 Å². The van der Waals surface area contributed by atoms with E-state index in [1.54, 1.807) is 7.05 Å². The summed E-state index contributed by atoms with van der Waals surface area (Å²) >= 11 is 3.15. The maximum atomic E-state index is 13.5. The third-order valence-electron chi connectivity index (χ3n) is 2.58. The first-order valence-corrected chi connectivity index (χ1v) is 6.51. The van der Waals surface area contributed by atoms with Gasteiger partial charge in [0, 0.05) is 29.8 Å². The molecule has 0 aliphatic carbocycles. The zero-order chi connectivity index (χ0) is 15.6. The minimum Gasteiger partial charge on any atom is -0.372 e. The quantitative estimate of drug-likeness (QED) is 0.880. The van der Waals surface area contributed by atoms with Crippen molar-refractivity contribution in [3.63, 3.8) is 0 Å². The second kappa shape index (κ2) is 6.13. The highest BCUT2D eigenvalue weighted by atomic mass is 79.9. The lowest BCUT2D eigenvalue weighted by Gasteiger charge is -2.11. The highest BCUT2D eigenvalue weighted by Gasteiger charge is 2.18. The molecule has 1 aromatic heterocycles. The van der Waals surface area contributed by atoms with E-state index in [0.29, 0.717) is 16.6 Å². The van der Waals surface area contributed by atoms with Crippen molar-refractivity contribution < 1.29 is 18.0 Å². The van der Waals surface area contributed by atoms with E-state index in [-0.39, 0.29) is 11.4 Å². The van der Waals surface area contributed by atoms with Gasteiger partial charge in [-0.05, 0) is 22.0 Å². The molecule has 1 aromatic carbocycles. The molecular weight excluding hydrogens is 351 g/mol. The summed E-state index contributed by atoms with van der Waals surface area (Å²) in [5, 5.41) is 4.76. The van der Waals surface area contributed by atoms with Gasteiger partial charge in [-0.1, -0.05) is 0 Å². The summed E-state index contributed by atoms with van der Waals surface area (Å²) in [5.41, 5.74) is -0.640. The van der Waals surface area contributed by atoms with E-state index in [2.05, 4.69) is 31.5 Å². The molecule has 8 heteroatoms. The zero-order valence-corrected chi connectivity index (χ0v) is 12.3. The van der Waals surface area contributed by atoms with Gasteiger partial charge in [-0.15, -0.1) is 0 Å². The van der Waals surface area contributed by atoms with E-state index in [9.17, 15) is 18.0 Å². The van der Waals surface area contributed by atoms with Crippen molar-refractivity contribution in [2.45, 2.75) is 0 Å². The number of amides is 1. The lowest BCUT2D eigenvalue weighted by Crippen LogP contribution is -2.17. The first kappa shape index (κ1) is 15.3. The highest BCUT2D eigenvalue weighted by Crippen LogP contribution is 2.23. The number of carbonyl (C=O) groups excluding carboxylic acids is 1. The van der Waals surface area contributed by atoms with Crippen LogP contribution in [0.1, 0.15) is 10.4 Å². The van der Waals surface area contributed by atoms with E-state index >= 15 is 0 Å². The highest BCUT2D eigenvalue weighted by molar-refractivity contribution is 9.10. The fourth-order valence-corrected chi connectivity index (χ4v) is 1.99. The van der Waals surface area contributed by atoms with E-state index in [0.717, 1.165) is 0 Å². The molecule has 2 aromatic rings. The van der Waals surface area contributed by atoms with Crippen molar-refractivity contribution in [2.24, 2.45) is 0 Å². The summed E-state index contributed by atoms with van der Waals surface area (Å²) < 4.78 is 40.4. The number of hydrogen-bond donors (Lipinski definition) is 2. The summed E-state index contributed by atoms with van der Waals surface area (Å²) in [5.74, 6) is -4.01. The molecule has 0 saturated heterocycles. The molecule has 0 aliphatic rings. The number of aromatic nitrogens is 1. The Hall–Kier alpha value is -2.09. The largest absolute Gasteiger partial charge is 0.372 e. The number of benzene rings is 1. The number of carbonyl (C=O) groups is 1. The fourth-order valence-electron chi connectivity index (χ4n) is 1.65. The molecule has 0 radical (unpaired) electrons. The Balaban J connectivity index is 2.37. The lowest BCUT2D eigenvalue weighted by atomic mass is 10.2. The van der Waals surface area contributed by atoms with Crippen molar-refractivity contribution >= 4 is 33.3 Å². The van der Waals surface area contributed by atoms with Crippen LogP contribution in [0.2, 0.25) is 0 Å². The Morgan fingerprint density at radius 3 is 2.38 bits per heavy atom. The molecule has 0 atom stereocenters. The van der Waals surface area contributed by atoms with Crippen LogP contribution in [0.4, 0.5) is 24.7 Å². The van der Waals surface area contributed by atoms with Crippen molar-refractivity contribution in [3.8, 4) is 0 Å². The smallest absolute Gasteiger partial charge is 0.259 e. The van der Waals surface area contributed by atoms with E-state index in [1.807, 2.05) is 0 Å². The Labute approximate surface area is 126 Å². The van der Waals surface area contributed by atoms with Gasteiger partial charge in [0.15, 0.2) is 11.6 Å². The third kappa shape index (κ3) is 3.33. The van der Waals surface area contributed by atoms with Gasteiger partial charge in [0.05, 0.1) is 5.56 Å². The number of hydrogen-bond acceptors (Lipinski definition) is 3. The van der Waals surface area contributed by atoms with Crippen molar-refractivity contribution in [3.05, 3.63) is 51.9 Å². The Kier molecular flexibility index (Phi) is 4.46. The minimum absolute atomic E-state index is 0.0787. The summed E-state index contributed by atoms with van der Waals surface area (Å²) in [6, 6.07) is 2.40. The Morgan fingerprint density at radius 2 is 1.81 bits per heavy atom. The van der Waals surface area contributed by atoms with E-state index < -0.39 is 29.0 Å². The topological polar surface area (TPSA) is 54.0 Å². The number of anilines is 2. The van der Waals surface area contributed by atoms with Crippen molar-refractivity contribution in [1.29, 1.82) is 0 Å². The molecule has 0 aliphatic heterocycles. The number of nitrogens with zero attached hydrogens (tertiary/aromatic N) is 1. The molecule has 21 heavy (non-hydrogen) atoms. The second-order valence-corrected chi connectivity index (χ2v) is 4.91. The molecule has 2 rings (SSSR count). The number of pyridine rings is 1. The Bertz CT molecular complexity index is 686. The SMILES string of the molecule is CNc1ncc(Br)cc1C(=O)Nc1c(F)cc(F)cc1F. The van der Waals surface area contributed by atoms with Crippen molar-refractivity contribution in [1.82, 2.24) is 4.98 Å². The monoisotopic (exact) mass is 359 g/mol. The van der Waals surface area contributed by atoms with Crippen LogP contribution in [0.15, 0.2) is 28.9 Å². The summed E-state index contributed by atoms with van der Waals surface area (Å²) in [4.78, 5) is 16.0. The van der Waals surface area contributed by atoms with Gasteiger partial charge in [0.25, 0.3) is 5.91 Å². The molecule has 0 bridgehead atoms. The van der Waals surface area contributed by atoms with Gasteiger partial charge in [-0.2, -0.15) is 0 Å². The maximum Gasteiger partial charge on any atom is 0.259 e. The first-order valence-electron chi connectivity index (χ1n) is 5.71. The average Bonchev–Trinajstić information content (AvgIpc) is 2.42. The number of nitrogens with one attached hydrogen (secondary N) is 2. The van der Waals surface area contributed by atoms with E-state index in [1.165, 1.54) is 12.3 Å². The summed E-state index contributed by atoms with van der Waals surface area (Å²) in [7, 11) is 1.55. The van der Waals surface area contributed by atoms with Crippen LogP contribution in [0.5, 0.6) is 0 Å². The predicted molar refractivity (Wildman–Crippen MR) is 75.8 cm³/mol. The molecule has 0 spiro atoms. The molecule has 0 saturated carbocycles. The first-order chi connectivity index (χ1) is 9.92. The van der Waals surface area contributed by atoms with Crippen LogP contribution in [-0.2, 0) is 0 Å². The number of halogens is 4. The predicted octanol–water partition coefficient (Wildman–Crippen LogP) is 3.56. The van der Waals surface area contributed by atoms with Crippen LogP contribution < -0.4 is 10.6 Å². The summed E-state index contributed by atoms with van der Waals surface area (Å²) in [6.07, 6.45) is 1.46. The van der Waals surface area contributed by atoms with Gasteiger partial charge in [0.2, 0.25) is 0 Å². The van der Waals surface area contributed by atoms with Crippen LogP contribution in [0.25, 0.3) is 0 Å². The number of rotatable bonds is 3. The second-order valence-electron chi connectivity index (χ2n) is 4.00. The molecule has 0 fully saturated rings. The van der Waals surface area contributed by atoms with Crippen LogP contribution >= 0.6 is 15.9 Å². The average molecular weight is 360 g/mol. The minimum atomic E-state index is -1.20. The third-order valence-corrected chi connectivity index (χ3v) is 3.01. The van der Waals surface area contributed by atoms with Gasteiger partial charge in [0.1, 0.15) is 17.3 Å². The summed E-state index contributed by atoms with van der Waals surface area (Å²) in [6.45, 7) is 0. The lowest BCUT2D eigenvalue weighted by molar-refractivity contribution is 0.102. The normalized spacial score (nSPS) is 10.3. The molecule has 4 nitrogen and oxygen atoms in total. The zero-order valence-electron chi connectivity index (χ0n) is 10.7. The van der Waals surface area contributed by atoms with Crippen LogP contribution in [0.3, 0.4) is 0 Å². The van der Waals surface area contributed by atoms with Crippen molar-refractivity contribution in [2.75, 3.05) is 17.7 Å². The molecule has 1 amide bonds. The Morgan fingerprint density at radius 1 is 1.19 bits per heavy atom. The van der Waals surface area contributed by atoms with Gasteiger partial charge in [-0.25, -0.2) is 18.2 Å². The van der Waals surface area contributed by atoms with Gasteiger partial charge >= 0.3 is 0 Å². The molecule has 110 valence electrons. The molecular formula is C13H9BrF3N3O. The maximum absolute atomic E-state index is 13.5. The molecule has 0 unspecified atom stereocenters. The van der Waals surface area contributed by atoms with E-state index in [4.69, 9.17) is 0 Å². The van der Waals surface area contributed by atoms with Crippen LogP contribution in [-0.4, -0.2) is 17.9 Å². The molecule has 1 heterocycles. The van der Waals surface area contributed by atoms with Gasteiger partial charge in [-0.3, -0.25) is 4.79 Å². The standard InChI is InChI=1S/C13H9BrF3N3O/c1-18-12-8(2-6(14)5-19-12)13(21)20-11-9(16)3-7(15)4-10(11)17/h2-5H,1H3,(H,18,19)(H,20,21). The van der Waals surface area contributed by atoms with Crippen LogP contribution in [0, 0.1) is 17.5 Å². The molecule has 2 N–H and O–H groups in total. The fraction of sp³-hybridized carbons (Fsp3) is 0.0769.